The Morgan fingerprint density at radius 1 is 1.28 bits per heavy atom. The molecule has 2 rings (SSSR count). The van der Waals surface area contributed by atoms with Crippen LogP contribution in [0.1, 0.15) is 43.8 Å². The van der Waals surface area contributed by atoms with E-state index in [9.17, 15) is 5.11 Å². The molecule has 1 saturated carbocycles. The Balaban J connectivity index is 1.85. The van der Waals surface area contributed by atoms with Gasteiger partial charge in [-0.3, -0.25) is 0 Å². The van der Waals surface area contributed by atoms with Crippen LogP contribution in [-0.4, -0.2) is 5.11 Å². The number of aliphatic hydroxyl groups excluding tert-OH is 1. The monoisotopic (exact) mass is 242 g/mol. The molecule has 1 aromatic carbocycles. The van der Waals surface area contributed by atoms with Crippen molar-refractivity contribution in [1.82, 2.24) is 0 Å². The molecule has 1 fully saturated rings. The first-order valence-electron chi connectivity index (χ1n) is 6.85. The van der Waals surface area contributed by atoms with E-state index in [0.29, 0.717) is 0 Å². The van der Waals surface area contributed by atoms with Crippen molar-refractivity contribution >= 4 is 0 Å². The van der Waals surface area contributed by atoms with E-state index in [1.54, 1.807) is 0 Å². The summed E-state index contributed by atoms with van der Waals surface area (Å²) in [6, 6.07) is 9.69. The molecule has 0 aliphatic heterocycles. The van der Waals surface area contributed by atoms with Crippen LogP contribution in [0, 0.1) is 5.92 Å². The summed E-state index contributed by atoms with van der Waals surface area (Å²) >= 11 is 0. The molecular formula is C17H22O. The number of allylic oxidation sites excluding steroid dienone is 1. The largest absolute Gasteiger partial charge is 0.384 e. The zero-order valence-corrected chi connectivity index (χ0v) is 10.9. The molecule has 18 heavy (non-hydrogen) atoms. The van der Waals surface area contributed by atoms with Gasteiger partial charge in [-0.1, -0.05) is 74.7 Å². The highest BCUT2D eigenvalue weighted by Crippen LogP contribution is 2.28. The summed E-state index contributed by atoms with van der Waals surface area (Å²) < 4.78 is 0. The van der Waals surface area contributed by atoms with Crippen molar-refractivity contribution in [3.63, 3.8) is 0 Å². The van der Waals surface area contributed by atoms with Gasteiger partial charge in [-0.2, -0.15) is 0 Å². The van der Waals surface area contributed by atoms with Crippen LogP contribution in [0.25, 0.3) is 0 Å². The average Bonchev–Trinajstić information content (AvgIpc) is 2.92. The normalized spacial score (nSPS) is 18.3. The van der Waals surface area contributed by atoms with Crippen LogP contribution in [0.5, 0.6) is 0 Å². The zero-order chi connectivity index (χ0) is 12.8. The van der Waals surface area contributed by atoms with Crippen LogP contribution < -0.4 is 0 Å². The first-order valence-corrected chi connectivity index (χ1v) is 6.85. The summed E-state index contributed by atoms with van der Waals surface area (Å²) in [4.78, 5) is 0. The highest BCUT2D eigenvalue weighted by molar-refractivity contribution is 5.30. The summed E-state index contributed by atoms with van der Waals surface area (Å²) in [5.41, 5.74) is 1.69. The third kappa shape index (κ3) is 3.58. The van der Waals surface area contributed by atoms with Crippen molar-refractivity contribution in [3.05, 3.63) is 60.2 Å². The molecule has 1 unspecified atom stereocenters. The number of rotatable bonds is 5. The molecule has 0 radical (unpaired) electrons. The van der Waals surface area contributed by atoms with E-state index >= 15 is 0 Å². The molecule has 96 valence electrons. The standard InChI is InChI=1S/C17H22O/c1-14(8-7-11-15-9-5-6-10-15)17(18)16-12-3-2-4-13-16/h2-4,7-8,12-13,15,17-18H,1,5-6,9-11H2/b8-7-. The van der Waals surface area contributed by atoms with Gasteiger partial charge in [0.05, 0.1) is 0 Å². The van der Waals surface area contributed by atoms with E-state index in [0.717, 1.165) is 23.5 Å². The van der Waals surface area contributed by atoms with Crippen LogP contribution in [0.2, 0.25) is 0 Å². The van der Waals surface area contributed by atoms with E-state index in [2.05, 4.69) is 12.7 Å². The number of aliphatic hydroxyl groups is 1. The highest BCUT2D eigenvalue weighted by Gasteiger charge is 2.13. The Hall–Kier alpha value is -1.34. The summed E-state index contributed by atoms with van der Waals surface area (Å²) in [5.74, 6) is 0.850. The fourth-order valence-electron chi connectivity index (χ4n) is 2.60. The second-order valence-corrected chi connectivity index (χ2v) is 5.18. The van der Waals surface area contributed by atoms with Crippen LogP contribution >= 0.6 is 0 Å². The lowest BCUT2D eigenvalue weighted by molar-refractivity contribution is 0.220. The Kier molecular flexibility index (Phi) is 4.77. The Morgan fingerprint density at radius 2 is 1.94 bits per heavy atom. The van der Waals surface area contributed by atoms with Gasteiger partial charge in [-0.25, -0.2) is 0 Å². The molecular weight excluding hydrogens is 220 g/mol. The van der Waals surface area contributed by atoms with Gasteiger partial charge in [-0.15, -0.1) is 0 Å². The van der Waals surface area contributed by atoms with Gasteiger partial charge in [-0.05, 0) is 23.5 Å². The lowest BCUT2D eigenvalue weighted by Crippen LogP contribution is -1.98. The molecule has 1 N–H and O–H groups in total. The maximum Gasteiger partial charge on any atom is 0.103 e. The van der Waals surface area contributed by atoms with Crippen LogP contribution in [0.3, 0.4) is 0 Å². The lowest BCUT2D eigenvalue weighted by Gasteiger charge is -2.11. The minimum absolute atomic E-state index is 0.578. The van der Waals surface area contributed by atoms with Crippen molar-refractivity contribution in [2.24, 2.45) is 5.92 Å². The molecule has 0 aromatic heterocycles. The van der Waals surface area contributed by atoms with Gasteiger partial charge in [0.25, 0.3) is 0 Å². The Bertz CT molecular complexity index is 399. The maximum atomic E-state index is 10.1. The summed E-state index contributed by atoms with van der Waals surface area (Å²) in [7, 11) is 0. The Labute approximate surface area is 110 Å². The summed E-state index contributed by atoms with van der Waals surface area (Å²) in [6.07, 6.45) is 10.2. The highest BCUT2D eigenvalue weighted by atomic mass is 16.3. The minimum Gasteiger partial charge on any atom is -0.384 e. The van der Waals surface area contributed by atoms with E-state index in [4.69, 9.17) is 0 Å². The van der Waals surface area contributed by atoms with Crippen LogP contribution in [0.4, 0.5) is 0 Å². The van der Waals surface area contributed by atoms with Gasteiger partial charge >= 0.3 is 0 Å². The molecule has 1 atom stereocenters. The lowest BCUT2D eigenvalue weighted by atomic mass is 10.00. The first-order chi connectivity index (χ1) is 8.77. The predicted molar refractivity (Wildman–Crippen MR) is 76.3 cm³/mol. The number of hydrogen-bond acceptors (Lipinski definition) is 1. The average molecular weight is 242 g/mol. The molecule has 1 aliphatic rings. The van der Waals surface area contributed by atoms with Crippen LogP contribution in [-0.2, 0) is 0 Å². The molecule has 0 saturated heterocycles. The Morgan fingerprint density at radius 3 is 2.61 bits per heavy atom. The molecule has 1 aliphatic carbocycles. The van der Waals surface area contributed by atoms with Crippen molar-refractivity contribution in [3.8, 4) is 0 Å². The molecule has 1 heteroatoms. The van der Waals surface area contributed by atoms with E-state index in [1.165, 1.54) is 25.7 Å². The van der Waals surface area contributed by atoms with Crippen molar-refractivity contribution < 1.29 is 5.11 Å². The van der Waals surface area contributed by atoms with Gasteiger partial charge in [0, 0.05) is 0 Å². The molecule has 1 nitrogen and oxygen atoms in total. The fraction of sp³-hybridized carbons (Fsp3) is 0.412. The first kappa shape index (κ1) is 13.1. The van der Waals surface area contributed by atoms with Crippen LogP contribution in [0.15, 0.2) is 54.6 Å². The molecule has 0 heterocycles. The van der Waals surface area contributed by atoms with Gasteiger partial charge in [0.15, 0.2) is 0 Å². The van der Waals surface area contributed by atoms with Crippen molar-refractivity contribution in [2.75, 3.05) is 0 Å². The van der Waals surface area contributed by atoms with Gasteiger partial charge < -0.3 is 5.11 Å². The quantitative estimate of drug-likeness (QED) is 0.758. The van der Waals surface area contributed by atoms with E-state index in [1.807, 2.05) is 36.4 Å². The van der Waals surface area contributed by atoms with Crippen molar-refractivity contribution in [1.29, 1.82) is 0 Å². The second kappa shape index (κ2) is 6.55. The summed E-state index contributed by atoms with van der Waals surface area (Å²) in [5, 5.41) is 10.1. The fourth-order valence-corrected chi connectivity index (χ4v) is 2.60. The predicted octanol–water partition coefficient (Wildman–Crippen LogP) is 4.41. The third-order valence-corrected chi connectivity index (χ3v) is 3.74. The summed E-state index contributed by atoms with van der Waals surface area (Å²) in [6.45, 7) is 3.96. The zero-order valence-electron chi connectivity index (χ0n) is 10.9. The van der Waals surface area contributed by atoms with E-state index in [-0.39, 0.29) is 0 Å². The second-order valence-electron chi connectivity index (χ2n) is 5.18. The molecule has 0 spiro atoms. The third-order valence-electron chi connectivity index (χ3n) is 3.74. The van der Waals surface area contributed by atoms with Gasteiger partial charge in [0.2, 0.25) is 0 Å². The smallest absolute Gasteiger partial charge is 0.103 e. The van der Waals surface area contributed by atoms with Crippen molar-refractivity contribution in [2.45, 2.75) is 38.2 Å². The number of benzene rings is 1. The van der Waals surface area contributed by atoms with Gasteiger partial charge in [0.1, 0.15) is 6.10 Å². The SMILES string of the molecule is C=C(/C=C\CC1CCCC1)C(O)c1ccccc1. The van der Waals surface area contributed by atoms with E-state index < -0.39 is 6.10 Å². The minimum atomic E-state index is -0.578. The molecule has 0 bridgehead atoms. The number of hydrogen-bond donors (Lipinski definition) is 1. The molecule has 1 aromatic rings. The topological polar surface area (TPSA) is 20.2 Å². The maximum absolute atomic E-state index is 10.1. The molecule has 0 amide bonds.